The van der Waals surface area contributed by atoms with Crippen molar-refractivity contribution in [3.05, 3.63) is 30.6 Å². The highest BCUT2D eigenvalue weighted by molar-refractivity contribution is 7.98. The van der Waals surface area contributed by atoms with Gasteiger partial charge in [0, 0.05) is 17.1 Å². The van der Waals surface area contributed by atoms with E-state index in [0.717, 1.165) is 18.7 Å². The molecule has 0 radical (unpaired) electrons. The number of aromatic nitrogens is 2. The van der Waals surface area contributed by atoms with Crippen LogP contribution in [0, 0.1) is 0 Å². The maximum absolute atomic E-state index is 5.45. The van der Waals surface area contributed by atoms with Gasteiger partial charge in [-0.15, -0.1) is 11.8 Å². The van der Waals surface area contributed by atoms with Crippen LogP contribution < -0.4 is 15.4 Å². The summed E-state index contributed by atoms with van der Waals surface area (Å²) in [6.07, 6.45) is 4.60. The molecule has 5 nitrogen and oxygen atoms in total. The van der Waals surface area contributed by atoms with Gasteiger partial charge in [-0.25, -0.2) is 9.97 Å². The van der Waals surface area contributed by atoms with Crippen molar-refractivity contribution in [1.82, 2.24) is 9.97 Å². The monoisotopic (exact) mass is 304 g/mol. The van der Waals surface area contributed by atoms with Crippen LogP contribution >= 0.6 is 11.8 Å². The second kappa shape index (κ2) is 7.73. The van der Waals surface area contributed by atoms with Gasteiger partial charge in [-0.05, 0) is 30.9 Å². The van der Waals surface area contributed by atoms with Gasteiger partial charge in [-0.3, -0.25) is 0 Å². The lowest BCUT2D eigenvalue weighted by Gasteiger charge is -2.14. The number of hydrogen-bond donors (Lipinski definition) is 2. The number of benzene rings is 1. The van der Waals surface area contributed by atoms with Crippen molar-refractivity contribution >= 4 is 29.1 Å². The molecule has 6 heteroatoms. The molecule has 0 spiro atoms. The predicted octanol–water partition coefficient (Wildman–Crippen LogP) is 3.77. The molecule has 21 heavy (non-hydrogen) atoms. The lowest BCUT2D eigenvalue weighted by atomic mass is 10.3. The lowest BCUT2D eigenvalue weighted by molar-refractivity contribution is 0.415. The Morgan fingerprint density at radius 3 is 2.76 bits per heavy atom. The summed E-state index contributed by atoms with van der Waals surface area (Å²) in [5, 5.41) is 6.53. The molecule has 112 valence electrons. The van der Waals surface area contributed by atoms with Crippen molar-refractivity contribution < 1.29 is 4.74 Å². The quantitative estimate of drug-likeness (QED) is 0.759. The topological polar surface area (TPSA) is 59.1 Å². The van der Waals surface area contributed by atoms with Gasteiger partial charge >= 0.3 is 0 Å². The molecule has 0 amide bonds. The van der Waals surface area contributed by atoms with Crippen molar-refractivity contribution in [3.63, 3.8) is 0 Å². The number of methoxy groups -OCH3 is 1. The molecule has 0 aliphatic rings. The largest absolute Gasteiger partial charge is 0.490 e. The van der Waals surface area contributed by atoms with Gasteiger partial charge in [0.15, 0.2) is 11.6 Å². The van der Waals surface area contributed by atoms with Gasteiger partial charge in [0.2, 0.25) is 5.75 Å². The highest BCUT2D eigenvalue weighted by Gasteiger charge is 2.12. The molecule has 0 atom stereocenters. The van der Waals surface area contributed by atoms with Crippen LogP contribution in [-0.2, 0) is 0 Å². The smallest absolute Gasteiger partial charge is 0.204 e. The molecule has 0 aliphatic carbocycles. The molecule has 1 heterocycles. The molecule has 0 aliphatic heterocycles. The molecule has 2 aromatic rings. The fourth-order valence-corrected chi connectivity index (χ4v) is 2.32. The summed E-state index contributed by atoms with van der Waals surface area (Å²) >= 11 is 1.70. The molecule has 0 bridgehead atoms. The van der Waals surface area contributed by atoms with E-state index < -0.39 is 0 Å². The first kappa shape index (κ1) is 15.4. The van der Waals surface area contributed by atoms with E-state index in [1.165, 1.54) is 11.2 Å². The Balaban J connectivity index is 2.26. The zero-order chi connectivity index (χ0) is 15.1. The third-order valence-electron chi connectivity index (χ3n) is 2.88. The van der Waals surface area contributed by atoms with E-state index in [0.29, 0.717) is 17.4 Å². The highest BCUT2D eigenvalue weighted by Crippen LogP contribution is 2.31. The standard InChI is InChI=1S/C15H20N4OS/c1-4-8-16-14-13(20-2)15(18-10-17-14)19-11-6-5-7-12(9-11)21-3/h5-7,9-10H,4,8H2,1-3H3,(H2,16,17,18,19). The summed E-state index contributed by atoms with van der Waals surface area (Å²) in [6.45, 7) is 2.95. The molecule has 0 unspecified atom stereocenters. The minimum Gasteiger partial charge on any atom is -0.490 e. The highest BCUT2D eigenvalue weighted by atomic mass is 32.2. The number of hydrogen-bond acceptors (Lipinski definition) is 6. The predicted molar refractivity (Wildman–Crippen MR) is 88.9 cm³/mol. The molecular weight excluding hydrogens is 284 g/mol. The van der Waals surface area contributed by atoms with Crippen molar-refractivity contribution in [1.29, 1.82) is 0 Å². The van der Waals surface area contributed by atoms with Gasteiger partial charge in [-0.1, -0.05) is 13.0 Å². The fourth-order valence-electron chi connectivity index (χ4n) is 1.86. The second-order valence-corrected chi connectivity index (χ2v) is 5.27. The molecule has 1 aromatic heterocycles. The fraction of sp³-hybridized carbons (Fsp3) is 0.333. The third kappa shape index (κ3) is 4.01. The summed E-state index contributed by atoms with van der Waals surface area (Å²) < 4.78 is 5.45. The SMILES string of the molecule is CCCNc1ncnc(Nc2cccc(SC)c2)c1OC. The minimum absolute atomic E-state index is 0.625. The van der Waals surface area contributed by atoms with Crippen LogP contribution in [0.15, 0.2) is 35.5 Å². The van der Waals surface area contributed by atoms with Crippen molar-refractivity contribution in [2.24, 2.45) is 0 Å². The molecule has 0 saturated carbocycles. The number of thioether (sulfide) groups is 1. The molecule has 1 aromatic carbocycles. The Morgan fingerprint density at radius 2 is 2.05 bits per heavy atom. The van der Waals surface area contributed by atoms with Crippen molar-refractivity contribution in [2.75, 3.05) is 30.5 Å². The molecule has 0 fully saturated rings. The first-order chi connectivity index (χ1) is 10.3. The summed E-state index contributed by atoms with van der Waals surface area (Å²) in [4.78, 5) is 9.70. The van der Waals surface area contributed by atoms with E-state index in [9.17, 15) is 0 Å². The Bertz CT molecular complexity index is 592. The Morgan fingerprint density at radius 1 is 1.24 bits per heavy atom. The van der Waals surface area contributed by atoms with Crippen LogP contribution in [0.5, 0.6) is 5.75 Å². The number of nitrogens with one attached hydrogen (secondary N) is 2. The van der Waals surface area contributed by atoms with Crippen LogP contribution in [0.4, 0.5) is 17.3 Å². The number of ether oxygens (including phenoxy) is 1. The summed E-state index contributed by atoms with van der Waals surface area (Å²) in [7, 11) is 1.62. The van der Waals surface area contributed by atoms with Crippen LogP contribution in [0.3, 0.4) is 0 Å². The van der Waals surface area contributed by atoms with Crippen LogP contribution in [0.2, 0.25) is 0 Å². The lowest BCUT2D eigenvalue weighted by Crippen LogP contribution is -2.07. The summed E-state index contributed by atoms with van der Waals surface area (Å²) in [6, 6.07) is 8.16. The third-order valence-corrected chi connectivity index (χ3v) is 3.61. The average Bonchev–Trinajstić information content (AvgIpc) is 2.53. The molecular formula is C15H20N4OS. The van der Waals surface area contributed by atoms with Crippen molar-refractivity contribution in [2.45, 2.75) is 18.2 Å². The summed E-state index contributed by atoms with van der Waals surface area (Å²) in [5.41, 5.74) is 0.972. The van der Waals surface area contributed by atoms with E-state index in [-0.39, 0.29) is 0 Å². The Labute approximate surface area is 129 Å². The Kier molecular flexibility index (Phi) is 5.68. The maximum atomic E-state index is 5.45. The van der Waals surface area contributed by atoms with Gasteiger partial charge in [0.1, 0.15) is 6.33 Å². The molecule has 2 rings (SSSR count). The minimum atomic E-state index is 0.625. The van der Waals surface area contributed by atoms with E-state index in [2.05, 4.69) is 45.9 Å². The average molecular weight is 304 g/mol. The van der Waals surface area contributed by atoms with Gasteiger partial charge in [0.05, 0.1) is 7.11 Å². The van der Waals surface area contributed by atoms with E-state index in [4.69, 9.17) is 4.74 Å². The van der Waals surface area contributed by atoms with E-state index in [1.807, 2.05) is 12.1 Å². The zero-order valence-corrected chi connectivity index (χ0v) is 13.3. The first-order valence-electron chi connectivity index (χ1n) is 6.82. The first-order valence-corrected chi connectivity index (χ1v) is 8.05. The normalized spacial score (nSPS) is 10.2. The second-order valence-electron chi connectivity index (χ2n) is 4.39. The number of nitrogens with zero attached hydrogens (tertiary/aromatic N) is 2. The van der Waals surface area contributed by atoms with Gasteiger partial charge in [0.25, 0.3) is 0 Å². The zero-order valence-electron chi connectivity index (χ0n) is 12.5. The number of rotatable bonds is 7. The Hall–Kier alpha value is -1.95. The summed E-state index contributed by atoms with van der Waals surface area (Å²) in [5.74, 6) is 1.99. The van der Waals surface area contributed by atoms with Crippen molar-refractivity contribution in [3.8, 4) is 5.75 Å². The molecule has 2 N–H and O–H groups in total. The van der Waals surface area contributed by atoms with Gasteiger partial charge in [-0.2, -0.15) is 0 Å². The maximum Gasteiger partial charge on any atom is 0.204 e. The number of anilines is 3. The van der Waals surface area contributed by atoms with Gasteiger partial charge < -0.3 is 15.4 Å². The molecule has 0 saturated heterocycles. The van der Waals surface area contributed by atoms with Crippen LogP contribution in [0.25, 0.3) is 0 Å². The van der Waals surface area contributed by atoms with Crippen LogP contribution in [0.1, 0.15) is 13.3 Å². The van der Waals surface area contributed by atoms with E-state index >= 15 is 0 Å². The van der Waals surface area contributed by atoms with E-state index in [1.54, 1.807) is 18.9 Å². The van der Waals surface area contributed by atoms with Crippen LogP contribution in [-0.4, -0.2) is 29.9 Å².